The fourth-order valence-corrected chi connectivity index (χ4v) is 4.83. The minimum atomic E-state index is -3.57. The number of aromatic nitrogens is 1. The summed E-state index contributed by atoms with van der Waals surface area (Å²) in [6, 6.07) is 1.77. The number of hydrogen-bond donors (Lipinski definition) is 3. The van der Waals surface area contributed by atoms with Crippen molar-refractivity contribution in [2.24, 2.45) is 0 Å². The van der Waals surface area contributed by atoms with Crippen LogP contribution in [0.3, 0.4) is 0 Å². The Morgan fingerprint density at radius 2 is 1.94 bits per heavy atom. The van der Waals surface area contributed by atoms with E-state index in [1.165, 1.54) is 24.2 Å². The summed E-state index contributed by atoms with van der Waals surface area (Å²) < 4.78 is 51.5. The molecule has 2 rings (SSSR count). The van der Waals surface area contributed by atoms with Gasteiger partial charge < -0.3 is 15.5 Å². The van der Waals surface area contributed by atoms with E-state index >= 15 is 0 Å². The highest BCUT2D eigenvalue weighted by atomic mass is 32.2. The molecule has 0 saturated heterocycles. The lowest BCUT2D eigenvalue weighted by atomic mass is 9.96. The molecular formula is C19H27F2N3O5S3. The molecule has 180 valence electrons. The van der Waals surface area contributed by atoms with E-state index in [0.717, 1.165) is 34.0 Å². The lowest BCUT2D eigenvalue weighted by molar-refractivity contribution is -0.00411. The number of amides is 1. The minimum absolute atomic E-state index is 0. The molecule has 0 saturated carbocycles. The summed E-state index contributed by atoms with van der Waals surface area (Å²) in [6.07, 6.45) is 0.308. The lowest BCUT2D eigenvalue weighted by Gasteiger charge is -2.27. The minimum Gasteiger partial charge on any atom is -0.390 e. The van der Waals surface area contributed by atoms with E-state index in [4.69, 9.17) is 0 Å². The molecule has 1 aromatic carbocycles. The summed E-state index contributed by atoms with van der Waals surface area (Å²) in [5.41, 5.74) is 0.0846. The molecule has 1 amide bonds. The zero-order valence-electron chi connectivity index (χ0n) is 17.7. The normalized spacial score (nSPS) is 14.6. The van der Waals surface area contributed by atoms with Crippen LogP contribution >= 0.6 is 23.1 Å². The quantitative estimate of drug-likeness (QED) is 0.421. The third-order valence-electron chi connectivity index (χ3n) is 4.61. The van der Waals surface area contributed by atoms with E-state index in [-0.39, 0.29) is 30.7 Å². The fourth-order valence-electron chi connectivity index (χ4n) is 2.81. The molecule has 0 aliphatic rings. The molecule has 3 unspecified atom stereocenters. The third-order valence-corrected chi connectivity index (χ3v) is 7.45. The van der Waals surface area contributed by atoms with Crippen molar-refractivity contribution in [3.63, 3.8) is 0 Å². The molecule has 1 heterocycles. The van der Waals surface area contributed by atoms with Crippen LogP contribution in [0.25, 0.3) is 0 Å². The number of carbonyl (C=O) groups is 1. The first-order valence-corrected chi connectivity index (χ1v) is 13.5. The number of rotatable bonds is 11. The third kappa shape index (κ3) is 7.37. The molecule has 3 atom stereocenters. The molecule has 2 aromatic rings. The maximum Gasteiger partial charge on any atom is 0.271 e. The molecule has 32 heavy (non-hydrogen) atoms. The van der Waals surface area contributed by atoms with Gasteiger partial charge in [-0.1, -0.05) is 0 Å². The topological polar surface area (TPSA) is 120 Å². The Labute approximate surface area is 195 Å². The molecular weight excluding hydrogens is 484 g/mol. The second kappa shape index (κ2) is 11.4. The van der Waals surface area contributed by atoms with Crippen LogP contribution in [-0.4, -0.2) is 73.1 Å². The van der Waals surface area contributed by atoms with Crippen molar-refractivity contribution < 1.29 is 33.6 Å². The largest absolute Gasteiger partial charge is 0.390 e. The van der Waals surface area contributed by atoms with Gasteiger partial charge in [-0.15, -0.1) is 11.3 Å². The van der Waals surface area contributed by atoms with Crippen molar-refractivity contribution >= 4 is 44.2 Å². The van der Waals surface area contributed by atoms with Crippen molar-refractivity contribution in [1.82, 2.24) is 10.3 Å². The monoisotopic (exact) mass is 511 g/mol. The highest BCUT2D eigenvalue weighted by molar-refractivity contribution is 7.98. The van der Waals surface area contributed by atoms with Crippen LogP contribution in [0.5, 0.6) is 0 Å². The Morgan fingerprint density at radius 1 is 1.31 bits per heavy atom. The molecule has 13 heteroatoms. The predicted molar refractivity (Wildman–Crippen MR) is 124 cm³/mol. The van der Waals surface area contributed by atoms with Crippen molar-refractivity contribution in [3.8, 4) is 0 Å². The molecule has 0 spiro atoms. The summed E-state index contributed by atoms with van der Waals surface area (Å²) in [6.45, 7) is 0. The van der Waals surface area contributed by atoms with E-state index < -0.39 is 45.8 Å². The standard InChI is InChI=1S/C19H25F2N3O5S3.H2/c1-24(32(3,28)29)19-23-15(10-31-19)18(27)22-14(17(26)16(25)4-5-30-2)8-11-6-12(20)9-13(21)7-11;/h6-7,9-10,14,16-17,25-26H,4-5,8H2,1-3H3,(H,22,27);1H. The zero-order valence-corrected chi connectivity index (χ0v) is 20.1. The van der Waals surface area contributed by atoms with Crippen molar-refractivity contribution in [3.05, 3.63) is 46.5 Å². The van der Waals surface area contributed by atoms with Crippen LogP contribution in [0, 0.1) is 11.6 Å². The van der Waals surface area contributed by atoms with Gasteiger partial charge in [0, 0.05) is 19.9 Å². The predicted octanol–water partition coefficient (Wildman–Crippen LogP) is 1.88. The number of carbonyl (C=O) groups excluding carboxylic acids is 1. The average Bonchev–Trinajstić information content (AvgIpc) is 3.19. The van der Waals surface area contributed by atoms with Crippen molar-refractivity contribution in [2.45, 2.75) is 31.1 Å². The Balaban J connectivity index is 0.00000544. The van der Waals surface area contributed by atoms with Gasteiger partial charge in [-0.05, 0) is 42.5 Å². The SMILES string of the molecule is CSCCC(O)C(O)C(Cc1cc(F)cc(F)c1)NC(=O)c1csc(N(C)S(C)(=O)=O)n1.[HH]. The number of nitrogens with one attached hydrogen (secondary N) is 1. The summed E-state index contributed by atoms with van der Waals surface area (Å²) >= 11 is 2.40. The Morgan fingerprint density at radius 3 is 2.50 bits per heavy atom. The summed E-state index contributed by atoms with van der Waals surface area (Å²) in [5, 5.41) is 24.9. The van der Waals surface area contributed by atoms with Gasteiger partial charge >= 0.3 is 0 Å². The van der Waals surface area contributed by atoms with Crippen LogP contribution < -0.4 is 9.62 Å². The molecule has 0 radical (unpaired) electrons. The second-order valence-electron chi connectivity index (χ2n) is 7.15. The number of sulfonamides is 1. The van der Waals surface area contributed by atoms with Crippen LogP contribution in [0.1, 0.15) is 23.9 Å². The smallest absolute Gasteiger partial charge is 0.271 e. The van der Waals surface area contributed by atoms with E-state index in [9.17, 15) is 32.2 Å². The Hall–Kier alpha value is -1.80. The number of aliphatic hydroxyl groups excluding tert-OH is 2. The van der Waals surface area contributed by atoms with Crippen LogP contribution in [0.4, 0.5) is 13.9 Å². The van der Waals surface area contributed by atoms with Gasteiger partial charge in [0.1, 0.15) is 23.4 Å². The Kier molecular flexibility index (Phi) is 9.40. The first kappa shape index (κ1) is 26.5. The molecule has 0 bridgehead atoms. The van der Waals surface area contributed by atoms with Crippen LogP contribution in [0.15, 0.2) is 23.6 Å². The van der Waals surface area contributed by atoms with Gasteiger partial charge in [0.2, 0.25) is 10.0 Å². The number of halogens is 2. The highest BCUT2D eigenvalue weighted by Gasteiger charge is 2.29. The average molecular weight is 512 g/mol. The lowest BCUT2D eigenvalue weighted by Crippen LogP contribution is -2.50. The van der Waals surface area contributed by atoms with Crippen LogP contribution in [0.2, 0.25) is 0 Å². The van der Waals surface area contributed by atoms with E-state index in [1.807, 2.05) is 6.26 Å². The van der Waals surface area contributed by atoms with Gasteiger partial charge in [-0.3, -0.25) is 4.79 Å². The van der Waals surface area contributed by atoms with E-state index in [0.29, 0.717) is 11.8 Å². The van der Waals surface area contributed by atoms with Gasteiger partial charge in [0.05, 0.1) is 18.4 Å². The van der Waals surface area contributed by atoms with Gasteiger partial charge in [0.15, 0.2) is 5.13 Å². The van der Waals surface area contributed by atoms with Crippen molar-refractivity contribution in [1.29, 1.82) is 0 Å². The summed E-state index contributed by atoms with van der Waals surface area (Å²) in [7, 11) is -2.28. The number of hydrogen-bond acceptors (Lipinski definition) is 8. The van der Waals surface area contributed by atoms with Crippen molar-refractivity contribution in [2.75, 3.05) is 29.6 Å². The fraction of sp³-hybridized carbons (Fsp3) is 0.474. The molecule has 0 aliphatic carbocycles. The molecule has 3 N–H and O–H groups in total. The number of thiazole rings is 1. The number of thioether (sulfide) groups is 1. The van der Waals surface area contributed by atoms with Crippen LogP contribution in [-0.2, 0) is 16.4 Å². The van der Waals surface area contributed by atoms with Gasteiger partial charge in [0.25, 0.3) is 5.91 Å². The number of nitrogens with zero attached hydrogens (tertiary/aromatic N) is 2. The molecule has 0 aliphatic heterocycles. The first-order chi connectivity index (χ1) is 14.9. The van der Waals surface area contributed by atoms with Gasteiger partial charge in [-0.25, -0.2) is 26.5 Å². The van der Waals surface area contributed by atoms with E-state index in [2.05, 4.69) is 10.3 Å². The highest BCUT2D eigenvalue weighted by Crippen LogP contribution is 2.22. The van der Waals surface area contributed by atoms with E-state index in [1.54, 1.807) is 0 Å². The van der Waals surface area contributed by atoms with Gasteiger partial charge in [-0.2, -0.15) is 11.8 Å². The first-order valence-electron chi connectivity index (χ1n) is 9.42. The number of benzene rings is 1. The molecule has 1 aromatic heterocycles. The molecule has 8 nitrogen and oxygen atoms in total. The zero-order chi connectivity index (χ0) is 24.1. The maximum atomic E-state index is 13.6. The number of aliphatic hydroxyl groups is 2. The maximum absolute atomic E-state index is 13.6. The summed E-state index contributed by atoms with van der Waals surface area (Å²) in [5.74, 6) is -1.79. The molecule has 0 fully saturated rings. The second-order valence-corrected chi connectivity index (χ2v) is 11.0. The number of anilines is 1. The Bertz CT molecular complexity index is 1020. The summed E-state index contributed by atoms with van der Waals surface area (Å²) in [4.78, 5) is 16.7.